The molecule has 2 N–H and O–H groups in total. The van der Waals surface area contributed by atoms with Crippen LogP contribution in [0.25, 0.3) is 22.0 Å². The lowest BCUT2D eigenvalue weighted by atomic mass is 9.99. The Morgan fingerprint density at radius 2 is 1.66 bits per heavy atom. The highest BCUT2D eigenvalue weighted by molar-refractivity contribution is 6.34. The second-order valence-electron chi connectivity index (χ2n) is 9.72. The summed E-state index contributed by atoms with van der Waals surface area (Å²) in [6.45, 7) is 5.96. The monoisotopic (exact) mass is 565 g/mol. The first-order chi connectivity index (χ1) is 19.7. The number of hydrogen-bond acceptors (Lipinski definition) is 5. The molecule has 206 valence electrons. The molecule has 0 spiro atoms. The van der Waals surface area contributed by atoms with Crippen LogP contribution in [0.3, 0.4) is 0 Å². The smallest absolute Gasteiger partial charge is 0.343 e. The van der Waals surface area contributed by atoms with E-state index in [1.165, 1.54) is 13.3 Å². The number of ether oxygens (including phenoxy) is 2. The van der Waals surface area contributed by atoms with Gasteiger partial charge in [-0.05, 0) is 74.4 Å². The number of methoxy groups -OCH3 is 1. The van der Waals surface area contributed by atoms with Crippen LogP contribution in [0.15, 0.2) is 84.0 Å². The molecule has 1 aromatic heterocycles. The number of nitrogens with one attached hydrogen (secondary N) is 2. The molecule has 4 aromatic carbocycles. The van der Waals surface area contributed by atoms with Crippen molar-refractivity contribution in [2.24, 2.45) is 5.10 Å². The maximum atomic E-state index is 13.4. The van der Waals surface area contributed by atoms with E-state index in [0.717, 1.165) is 33.2 Å². The summed E-state index contributed by atoms with van der Waals surface area (Å²) in [7, 11) is 1.48. The van der Waals surface area contributed by atoms with Gasteiger partial charge in [0.1, 0.15) is 5.69 Å². The van der Waals surface area contributed by atoms with Gasteiger partial charge in [-0.1, -0.05) is 59.1 Å². The summed E-state index contributed by atoms with van der Waals surface area (Å²) >= 11 is 6.55. The Balaban J connectivity index is 1.38. The Bertz CT molecular complexity index is 1810. The van der Waals surface area contributed by atoms with Crippen molar-refractivity contribution in [1.82, 2.24) is 10.4 Å². The van der Waals surface area contributed by atoms with Crippen molar-refractivity contribution >= 4 is 40.6 Å². The first-order valence-corrected chi connectivity index (χ1v) is 13.3. The molecule has 7 nitrogen and oxygen atoms in total. The topological polar surface area (TPSA) is 92.8 Å². The Labute approximate surface area is 242 Å². The van der Waals surface area contributed by atoms with Gasteiger partial charge in [0.05, 0.1) is 18.9 Å². The third-order valence-corrected chi connectivity index (χ3v) is 7.01. The number of aryl methyl sites for hydroxylation is 3. The summed E-state index contributed by atoms with van der Waals surface area (Å²) in [6.07, 6.45) is 1.49. The number of aromatic nitrogens is 1. The van der Waals surface area contributed by atoms with E-state index in [1.807, 2.05) is 57.2 Å². The molecule has 8 heteroatoms. The number of rotatable bonds is 7. The van der Waals surface area contributed by atoms with Gasteiger partial charge in [0.2, 0.25) is 0 Å². The Morgan fingerprint density at radius 3 is 2.39 bits per heavy atom. The number of carbonyl (C=O) groups is 2. The zero-order chi connectivity index (χ0) is 29.1. The number of halogens is 1. The number of benzene rings is 4. The van der Waals surface area contributed by atoms with Crippen LogP contribution in [0.5, 0.6) is 11.5 Å². The number of hydrazone groups is 1. The minimum absolute atomic E-state index is 0.271. The number of esters is 1. The summed E-state index contributed by atoms with van der Waals surface area (Å²) in [4.78, 5) is 29.2. The van der Waals surface area contributed by atoms with Gasteiger partial charge in [-0.25, -0.2) is 10.2 Å². The van der Waals surface area contributed by atoms with Crippen LogP contribution in [-0.2, 0) is 0 Å². The van der Waals surface area contributed by atoms with Crippen molar-refractivity contribution < 1.29 is 19.1 Å². The van der Waals surface area contributed by atoms with Crippen molar-refractivity contribution in [2.45, 2.75) is 20.8 Å². The molecule has 0 unspecified atom stereocenters. The van der Waals surface area contributed by atoms with Crippen molar-refractivity contribution in [2.75, 3.05) is 7.11 Å². The fourth-order valence-electron chi connectivity index (χ4n) is 4.69. The lowest BCUT2D eigenvalue weighted by molar-refractivity contribution is 0.0729. The molecule has 0 aliphatic heterocycles. The molecule has 0 saturated heterocycles. The van der Waals surface area contributed by atoms with Gasteiger partial charge in [-0.15, -0.1) is 0 Å². The lowest BCUT2D eigenvalue weighted by Gasteiger charge is -2.10. The molecule has 0 atom stereocenters. The molecular weight excluding hydrogens is 538 g/mol. The maximum Gasteiger partial charge on any atom is 0.343 e. The highest BCUT2D eigenvalue weighted by atomic mass is 35.5. The molecule has 5 aromatic rings. The first kappa shape index (κ1) is 27.7. The van der Waals surface area contributed by atoms with E-state index in [0.29, 0.717) is 33.2 Å². The predicted octanol–water partition coefficient (Wildman–Crippen LogP) is 7.41. The van der Waals surface area contributed by atoms with Crippen LogP contribution in [0.4, 0.5) is 0 Å². The Morgan fingerprint density at radius 1 is 0.902 bits per heavy atom. The van der Waals surface area contributed by atoms with Crippen molar-refractivity contribution in [1.29, 1.82) is 0 Å². The standard InChI is InChI=1S/C33H28ClN3O4/c1-19-9-12-23(13-10-19)33(39)41-27-14-11-22(17-28(27)40-4)18-35-37-32(38)31-29(24-7-5-6-8-26(24)34)25-16-20(2)15-21(3)30(25)36-31/h5-18,36H,1-4H3,(H,37,38). The van der Waals surface area contributed by atoms with E-state index < -0.39 is 11.9 Å². The van der Waals surface area contributed by atoms with E-state index in [2.05, 4.69) is 21.6 Å². The van der Waals surface area contributed by atoms with Crippen LogP contribution >= 0.6 is 11.6 Å². The number of H-pyrrole nitrogens is 1. The minimum Gasteiger partial charge on any atom is -0.493 e. The molecule has 5 rings (SSSR count). The molecular formula is C33H28ClN3O4. The van der Waals surface area contributed by atoms with Crippen LogP contribution in [0, 0.1) is 20.8 Å². The molecule has 0 radical (unpaired) electrons. The molecule has 1 amide bonds. The van der Waals surface area contributed by atoms with Gasteiger partial charge < -0.3 is 14.5 Å². The first-order valence-electron chi connectivity index (χ1n) is 12.9. The van der Waals surface area contributed by atoms with Gasteiger partial charge >= 0.3 is 5.97 Å². The summed E-state index contributed by atoms with van der Waals surface area (Å²) < 4.78 is 11.0. The van der Waals surface area contributed by atoms with Crippen molar-refractivity contribution in [3.8, 4) is 22.6 Å². The van der Waals surface area contributed by atoms with Crippen LogP contribution in [0.2, 0.25) is 5.02 Å². The third kappa shape index (κ3) is 5.85. The van der Waals surface area contributed by atoms with Gasteiger partial charge in [0.25, 0.3) is 5.91 Å². The van der Waals surface area contributed by atoms with Crippen LogP contribution in [-0.4, -0.2) is 30.2 Å². The fourth-order valence-corrected chi connectivity index (χ4v) is 4.92. The molecule has 0 bridgehead atoms. The normalized spacial score (nSPS) is 11.1. The van der Waals surface area contributed by atoms with Crippen molar-refractivity contribution in [3.63, 3.8) is 0 Å². The van der Waals surface area contributed by atoms with Gasteiger partial charge in [0.15, 0.2) is 11.5 Å². The average Bonchev–Trinajstić information content (AvgIpc) is 3.34. The van der Waals surface area contributed by atoms with Gasteiger partial charge in [-0.3, -0.25) is 4.79 Å². The van der Waals surface area contributed by atoms with E-state index in [9.17, 15) is 9.59 Å². The van der Waals surface area contributed by atoms with Crippen LogP contribution in [0.1, 0.15) is 43.1 Å². The minimum atomic E-state index is -0.491. The Hall–Kier alpha value is -4.88. The Kier molecular flexibility index (Phi) is 7.90. The third-order valence-electron chi connectivity index (χ3n) is 6.68. The number of carbonyl (C=O) groups excluding carboxylic acids is 2. The van der Waals surface area contributed by atoms with E-state index >= 15 is 0 Å². The molecule has 0 saturated carbocycles. The summed E-state index contributed by atoms with van der Waals surface area (Å²) in [5.41, 5.74) is 9.50. The maximum absolute atomic E-state index is 13.4. The zero-order valence-electron chi connectivity index (χ0n) is 23.0. The van der Waals surface area contributed by atoms with Crippen molar-refractivity contribution in [3.05, 3.63) is 117 Å². The summed E-state index contributed by atoms with van der Waals surface area (Å²) in [5, 5.41) is 5.62. The number of hydrogen-bond donors (Lipinski definition) is 2. The van der Waals surface area contributed by atoms with Crippen LogP contribution < -0.4 is 14.9 Å². The van der Waals surface area contributed by atoms with E-state index in [4.69, 9.17) is 21.1 Å². The molecule has 0 aliphatic rings. The summed E-state index contributed by atoms with van der Waals surface area (Å²) in [6, 6.07) is 23.6. The van der Waals surface area contributed by atoms with Gasteiger partial charge in [-0.2, -0.15) is 5.10 Å². The number of fused-ring (bicyclic) bond motifs is 1. The van der Waals surface area contributed by atoms with E-state index in [-0.39, 0.29) is 5.75 Å². The molecule has 41 heavy (non-hydrogen) atoms. The quantitative estimate of drug-likeness (QED) is 0.0930. The fraction of sp³-hybridized carbons (Fsp3) is 0.121. The highest BCUT2D eigenvalue weighted by Crippen LogP contribution is 2.38. The lowest BCUT2D eigenvalue weighted by Crippen LogP contribution is -2.19. The predicted molar refractivity (Wildman–Crippen MR) is 162 cm³/mol. The summed E-state index contributed by atoms with van der Waals surface area (Å²) in [5.74, 6) is -0.286. The number of aromatic amines is 1. The largest absolute Gasteiger partial charge is 0.493 e. The average molecular weight is 566 g/mol. The SMILES string of the molecule is COc1cc(C=NNC(=O)c2[nH]c3c(C)cc(C)cc3c2-c2ccccc2Cl)ccc1OC(=O)c1ccc(C)cc1. The van der Waals surface area contributed by atoms with Gasteiger partial charge in [0, 0.05) is 27.1 Å². The number of nitrogens with zero attached hydrogens (tertiary/aromatic N) is 1. The molecule has 0 aliphatic carbocycles. The highest BCUT2D eigenvalue weighted by Gasteiger charge is 2.22. The molecule has 0 fully saturated rings. The number of amides is 1. The molecule has 1 heterocycles. The zero-order valence-corrected chi connectivity index (χ0v) is 23.8. The second kappa shape index (κ2) is 11.7. The van der Waals surface area contributed by atoms with E-state index in [1.54, 1.807) is 36.4 Å². The second-order valence-corrected chi connectivity index (χ2v) is 10.1.